The molecule has 0 N–H and O–H groups in total. The summed E-state index contributed by atoms with van der Waals surface area (Å²) in [6, 6.07) is 7.05. The van der Waals surface area contributed by atoms with Crippen LogP contribution in [0.5, 0.6) is 5.75 Å². The van der Waals surface area contributed by atoms with E-state index in [1.165, 1.54) is 12.4 Å². The number of fused-ring (bicyclic) bond motifs is 1. The Labute approximate surface area is 132 Å². The molecule has 1 aromatic carbocycles. The van der Waals surface area contributed by atoms with E-state index in [-0.39, 0.29) is 30.2 Å². The molecule has 0 saturated heterocycles. The zero-order valence-electron chi connectivity index (χ0n) is 11.8. The zero-order chi connectivity index (χ0) is 15.4. The van der Waals surface area contributed by atoms with Gasteiger partial charge in [-0.05, 0) is 24.3 Å². The predicted molar refractivity (Wildman–Crippen MR) is 82.6 cm³/mol. The van der Waals surface area contributed by atoms with Crippen molar-refractivity contribution in [3.8, 4) is 5.75 Å². The predicted octanol–water partition coefficient (Wildman–Crippen LogP) is 2.81. The van der Waals surface area contributed by atoms with Crippen molar-refractivity contribution in [3.63, 3.8) is 0 Å². The highest BCUT2D eigenvalue weighted by Gasteiger charge is 2.16. The minimum atomic E-state index is -0.218. The second kappa shape index (κ2) is 6.70. The van der Waals surface area contributed by atoms with Crippen molar-refractivity contribution in [3.05, 3.63) is 48.0 Å². The summed E-state index contributed by atoms with van der Waals surface area (Å²) in [4.78, 5) is 32.9. The van der Waals surface area contributed by atoms with Crippen LogP contribution in [-0.4, -0.2) is 33.9 Å². The number of aromatic nitrogens is 2. The zero-order valence-corrected chi connectivity index (χ0v) is 12.6. The Bertz CT molecular complexity index is 704. The van der Waals surface area contributed by atoms with Gasteiger partial charge in [0.15, 0.2) is 17.4 Å². The average molecular weight is 314 g/mol. The van der Waals surface area contributed by atoms with E-state index < -0.39 is 0 Å². The number of carbonyl (C=O) groups is 2. The summed E-state index contributed by atoms with van der Waals surface area (Å²) in [5.41, 5.74) is 0.610. The Morgan fingerprint density at radius 2 is 1.91 bits per heavy atom. The molecule has 0 fully saturated rings. The molecule has 0 bridgehead atoms. The van der Waals surface area contributed by atoms with Crippen LogP contribution in [-0.2, 0) is 0 Å². The smallest absolute Gasteiger partial charge is 0.200 e. The SMILES string of the molecule is O=C(CCC(=O)c1ncccn1)c1ccc2c(c1)SCCO2. The lowest BCUT2D eigenvalue weighted by Crippen LogP contribution is -2.10. The van der Waals surface area contributed by atoms with E-state index in [0.29, 0.717) is 12.2 Å². The molecule has 0 radical (unpaired) electrons. The number of Topliss-reactive ketones (excluding diaryl/α,β-unsaturated/α-hetero) is 2. The van der Waals surface area contributed by atoms with Crippen LogP contribution in [0, 0.1) is 0 Å². The summed E-state index contributed by atoms with van der Waals surface area (Å²) < 4.78 is 5.51. The molecular formula is C16H14N2O3S. The minimum absolute atomic E-state index is 0.0572. The van der Waals surface area contributed by atoms with Crippen LogP contribution in [0.4, 0.5) is 0 Å². The van der Waals surface area contributed by atoms with Gasteiger partial charge < -0.3 is 4.74 Å². The Morgan fingerprint density at radius 1 is 1.14 bits per heavy atom. The molecule has 1 aromatic heterocycles. The summed E-state index contributed by atoms with van der Waals surface area (Å²) in [5.74, 6) is 1.59. The van der Waals surface area contributed by atoms with Crippen LogP contribution in [0.3, 0.4) is 0 Å². The van der Waals surface area contributed by atoms with Gasteiger partial charge in [-0.15, -0.1) is 11.8 Å². The highest BCUT2D eigenvalue weighted by molar-refractivity contribution is 7.99. The molecule has 0 atom stereocenters. The minimum Gasteiger partial charge on any atom is -0.492 e. The Kier molecular flexibility index (Phi) is 4.48. The van der Waals surface area contributed by atoms with Crippen LogP contribution < -0.4 is 4.74 Å². The fraction of sp³-hybridized carbons (Fsp3) is 0.250. The summed E-state index contributed by atoms with van der Waals surface area (Å²) >= 11 is 1.68. The Morgan fingerprint density at radius 3 is 2.73 bits per heavy atom. The first-order chi connectivity index (χ1) is 10.7. The fourth-order valence-electron chi connectivity index (χ4n) is 2.14. The third-order valence-corrected chi connectivity index (χ3v) is 4.26. The van der Waals surface area contributed by atoms with Crippen LogP contribution >= 0.6 is 11.8 Å². The molecule has 0 unspecified atom stereocenters. The highest BCUT2D eigenvalue weighted by atomic mass is 32.2. The summed E-state index contributed by atoms with van der Waals surface area (Å²) in [7, 11) is 0. The molecule has 2 heterocycles. The molecule has 2 aromatic rings. The van der Waals surface area contributed by atoms with E-state index >= 15 is 0 Å². The molecule has 22 heavy (non-hydrogen) atoms. The van der Waals surface area contributed by atoms with Gasteiger partial charge in [-0.2, -0.15) is 0 Å². The normalized spacial score (nSPS) is 13.1. The number of ether oxygens (including phenoxy) is 1. The molecule has 0 spiro atoms. The second-order valence-corrected chi connectivity index (χ2v) is 5.91. The van der Waals surface area contributed by atoms with Crippen LogP contribution in [0.25, 0.3) is 0 Å². The van der Waals surface area contributed by atoms with Gasteiger partial charge in [-0.3, -0.25) is 9.59 Å². The van der Waals surface area contributed by atoms with E-state index in [0.717, 1.165) is 16.4 Å². The van der Waals surface area contributed by atoms with E-state index in [9.17, 15) is 9.59 Å². The molecular weight excluding hydrogens is 300 g/mol. The van der Waals surface area contributed by atoms with Crippen molar-refractivity contribution in [1.82, 2.24) is 9.97 Å². The third-order valence-electron chi connectivity index (χ3n) is 3.26. The van der Waals surface area contributed by atoms with Crippen LogP contribution in [0.15, 0.2) is 41.6 Å². The monoisotopic (exact) mass is 314 g/mol. The molecule has 1 aliphatic heterocycles. The summed E-state index contributed by atoms with van der Waals surface area (Å²) in [6.07, 6.45) is 3.30. The topological polar surface area (TPSA) is 69.2 Å². The van der Waals surface area contributed by atoms with E-state index in [4.69, 9.17) is 4.74 Å². The second-order valence-electron chi connectivity index (χ2n) is 4.78. The van der Waals surface area contributed by atoms with Gasteiger partial charge in [0.25, 0.3) is 0 Å². The molecule has 112 valence electrons. The van der Waals surface area contributed by atoms with Gasteiger partial charge >= 0.3 is 0 Å². The van der Waals surface area contributed by atoms with Crippen molar-refractivity contribution in [2.75, 3.05) is 12.4 Å². The molecule has 1 aliphatic rings. The summed E-state index contributed by atoms with van der Waals surface area (Å²) in [5, 5.41) is 0. The quantitative estimate of drug-likeness (QED) is 0.790. The molecule has 0 saturated carbocycles. The number of thioether (sulfide) groups is 1. The van der Waals surface area contributed by atoms with Crippen molar-refractivity contribution in [2.24, 2.45) is 0 Å². The van der Waals surface area contributed by atoms with Gasteiger partial charge in [0.05, 0.1) is 11.5 Å². The molecule has 5 nitrogen and oxygen atoms in total. The highest BCUT2D eigenvalue weighted by Crippen LogP contribution is 2.34. The van der Waals surface area contributed by atoms with E-state index in [1.807, 2.05) is 12.1 Å². The molecule has 0 amide bonds. The lowest BCUT2D eigenvalue weighted by molar-refractivity contribution is 0.0912. The molecule has 3 rings (SSSR count). The number of hydrogen-bond donors (Lipinski definition) is 0. The average Bonchev–Trinajstić information content (AvgIpc) is 2.59. The fourth-order valence-corrected chi connectivity index (χ4v) is 3.01. The molecule has 0 aliphatic carbocycles. The van der Waals surface area contributed by atoms with Crippen molar-refractivity contribution < 1.29 is 14.3 Å². The van der Waals surface area contributed by atoms with Gasteiger partial charge in [0, 0.05) is 36.6 Å². The number of benzene rings is 1. The van der Waals surface area contributed by atoms with Crippen LogP contribution in [0.1, 0.15) is 33.8 Å². The molecule has 6 heteroatoms. The maximum atomic E-state index is 12.2. The van der Waals surface area contributed by atoms with Gasteiger partial charge in [0.2, 0.25) is 0 Å². The van der Waals surface area contributed by atoms with Crippen LogP contribution in [0.2, 0.25) is 0 Å². The first kappa shape index (κ1) is 14.7. The lowest BCUT2D eigenvalue weighted by Gasteiger charge is -2.17. The lowest BCUT2D eigenvalue weighted by atomic mass is 10.0. The van der Waals surface area contributed by atoms with Crippen molar-refractivity contribution in [1.29, 1.82) is 0 Å². The standard InChI is InChI=1S/C16H14N2O3S/c19-12(3-4-13(20)16-17-6-1-7-18-16)11-2-5-14-15(10-11)22-9-8-21-14/h1-2,5-7,10H,3-4,8-9H2. The number of carbonyl (C=O) groups excluding carboxylic acids is 2. The first-order valence-corrected chi connectivity index (χ1v) is 7.95. The van der Waals surface area contributed by atoms with E-state index in [2.05, 4.69) is 9.97 Å². The number of rotatable bonds is 5. The van der Waals surface area contributed by atoms with Crippen molar-refractivity contribution >= 4 is 23.3 Å². The largest absolute Gasteiger partial charge is 0.492 e. The van der Waals surface area contributed by atoms with Gasteiger partial charge in [-0.1, -0.05) is 0 Å². The van der Waals surface area contributed by atoms with Gasteiger partial charge in [0.1, 0.15) is 5.75 Å². The summed E-state index contributed by atoms with van der Waals surface area (Å²) in [6.45, 7) is 0.691. The number of ketones is 2. The number of nitrogens with zero attached hydrogens (tertiary/aromatic N) is 2. The third kappa shape index (κ3) is 3.33. The maximum absolute atomic E-state index is 12.2. The van der Waals surface area contributed by atoms with Gasteiger partial charge in [-0.25, -0.2) is 9.97 Å². The Hall–Kier alpha value is -2.21. The van der Waals surface area contributed by atoms with Crippen molar-refractivity contribution in [2.45, 2.75) is 17.7 Å². The maximum Gasteiger partial charge on any atom is 0.200 e. The Balaban J connectivity index is 1.64. The number of hydrogen-bond acceptors (Lipinski definition) is 6. The first-order valence-electron chi connectivity index (χ1n) is 6.97. The van der Waals surface area contributed by atoms with E-state index in [1.54, 1.807) is 23.9 Å².